The Hall–Kier alpha value is -2.28. The summed E-state index contributed by atoms with van der Waals surface area (Å²) < 4.78 is 6.05. The molecule has 0 bridgehead atoms. The molecule has 5 atom stereocenters. The lowest BCUT2D eigenvalue weighted by Gasteiger charge is -2.31. The number of esters is 1. The molecule has 170 valence electrons. The molecule has 0 radical (unpaired) electrons. The summed E-state index contributed by atoms with van der Waals surface area (Å²) in [6.45, 7) is 6.44. The molecule has 1 aromatic carbocycles. The molecule has 2 rings (SSSR count). The molecular formula is C27H39NO3. The number of nitrogens with zero attached hydrogens (tertiary/aromatic N) is 1. The highest BCUT2D eigenvalue weighted by Gasteiger charge is 2.33. The van der Waals surface area contributed by atoms with E-state index < -0.39 is 6.04 Å². The summed E-state index contributed by atoms with van der Waals surface area (Å²) in [4.78, 5) is 28.1. The van der Waals surface area contributed by atoms with Gasteiger partial charge in [0.1, 0.15) is 12.1 Å². The number of ether oxygens (including phenoxy) is 1. The summed E-state index contributed by atoms with van der Waals surface area (Å²) in [5.41, 5.74) is 1.02. The standard InChI is InChI=1S/C27H39NO3/c1-6-7-9-14-24-18-21(3)16-15-20(2)17-22(4)26(29)28(5)25(27(30)31-24)19-23-12-10-8-11-13-23/h1,8,10-13,20-22,24-25H,7,9,14-19H2,2-5H3/t20-,21?,22-,24?,25-/m0/s1. The van der Waals surface area contributed by atoms with Gasteiger partial charge < -0.3 is 9.64 Å². The second-order valence-electron chi connectivity index (χ2n) is 9.47. The number of unbranched alkanes of at least 4 members (excludes halogenated alkanes) is 1. The quantitative estimate of drug-likeness (QED) is 0.367. The van der Waals surface area contributed by atoms with Crippen LogP contribution < -0.4 is 0 Å². The van der Waals surface area contributed by atoms with Crippen LogP contribution in [0.5, 0.6) is 0 Å². The zero-order valence-corrected chi connectivity index (χ0v) is 19.7. The molecule has 1 amide bonds. The predicted molar refractivity (Wildman–Crippen MR) is 125 cm³/mol. The fourth-order valence-electron chi connectivity index (χ4n) is 4.57. The average Bonchev–Trinajstić information content (AvgIpc) is 2.75. The van der Waals surface area contributed by atoms with Gasteiger partial charge in [-0.05, 0) is 43.1 Å². The van der Waals surface area contributed by atoms with Gasteiger partial charge in [0.15, 0.2) is 0 Å². The Morgan fingerprint density at radius 3 is 2.35 bits per heavy atom. The minimum Gasteiger partial charge on any atom is -0.461 e. The van der Waals surface area contributed by atoms with Crippen molar-refractivity contribution in [3.05, 3.63) is 35.9 Å². The van der Waals surface area contributed by atoms with Gasteiger partial charge >= 0.3 is 5.97 Å². The summed E-state index contributed by atoms with van der Waals surface area (Å²) in [6, 6.07) is 9.22. The van der Waals surface area contributed by atoms with Crippen LogP contribution in [0.2, 0.25) is 0 Å². The molecule has 1 fully saturated rings. The maximum atomic E-state index is 13.3. The summed E-state index contributed by atoms with van der Waals surface area (Å²) in [7, 11) is 1.74. The van der Waals surface area contributed by atoms with Crippen LogP contribution in [0.4, 0.5) is 0 Å². The van der Waals surface area contributed by atoms with Crippen molar-refractivity contribution < 1.29 is 14.3 Å². The van der Waals surface area contributed by atoms with Crippen molar-refractivity contribution in [2.45, 2.75) is 84.3 Å². The topological polar surface area (TPSA) is 46.6 Å². The van der Waals surface area contributed by atoms with Gasteiger partial charge in [-0.3, -0.25) is 4.79 Å². The monoisotopic (exact) mass is 425 g/mol. The van der Waals surface area contributed by atoms with Gasteiger partial charge in [-0.2, -0.15) is 0 Å². The third-order valence-corrected chi connectivity index (χ3v) is 6.48. The molecule has 1 saturated heterocycles. The lowest BCUT2D eigenvalue weighted by molar-refractivity contribution is -0.160. The molecule has 1 aliphatic rings. The molecule has 0 saturated carbocycles. The number of benzene rings is 1. The molecule has 31 heavy (non-hydrogen) atoms. The van der Waals surface area contributed by atoms with E-state index >= 15 is 0 Å². The predicted octanol–water partition coefficient (Wildman–Crippen LogP) is 5.25. The molecule has 0 N–H and O–H groups in total. The van der Waals surface area contributed by atoms with Gasteiger partial charge in [-0.1, -0.05) is 63.9 Å². The number of hydrogen-bond acceptors (Lipinski definition) is 3. The molecule has 1 aromatic rings. The smallest absolute Gasteiger partial charge is 0.329 e. The van der Waals surface area contributed by atoms with Gasteiger partial charge in [0.05, 0.1) is 0 Å². The van der Waals surface area contributed by atoms with E-state index in [-0.39, 0.29) is 23.9 Å². The third kappa shape index (κ3) is 8.05. The molecule has 4 nitrogen and oxygen atoms in total. The zero-order chi connectivity index (χ0) is 22.8. The number of rotatable bonds is 5. The molecule has 0 aromatic heterocycles. The minimum absolute atomic E-state index is 0.0147. The largest absolute Gasteiger partial charge is 0.461 e. The number of carbonyl (C=O) groups is 2. The first-order valence-electron chi connectivity index (χ1n) is 11.8. The zero-order valence-electron chi connectivity index (χ0n) is 19.7. The second kappa shape index (κ2) is 12.5. The number of carbonyl (C=O) groups excluding carboxylic acids is 2. The van der Waals surface area contributed by atoms with Crippen molar-refractivity contribution in [3.63, 3.8) is 0 Å². The van der Waals surface area contributed by atoms with Crippen LogP contribution >= 0.6 is 0 Å². The van der Waals surface area contributed by atoms with E-state index in [4.69, 9.17) is 11.2 Å². The van der Waals surface area contributed by atoms with Crippen LogP contribution in [0.25, 0.3) is 0 Å². The van der Waals surface area contributed by atoms with Crippen molar-refractivity contribution in [1.29, 1.82) is 0 Å². The van der Waals surface area contributed by atoms with E-state index in [1.54, 1.807) is 11.9 Å². The minimum atomic E-state index is -0.626. The summed E-state index contributed by atoms with van der Waals surface area (Å²) in [5, 5.41) is 0. The molecule has 4 heteroatoms. The van der Waals surface area contributed by atoms with Crippen LogP contribution in [0.15, 0.2) is 30.3 Å². The number of hydrogen-bond donors (Lipinski definition) is 0. The fraction of sp³-hybridized carbons (Fsp3) is 0.630. The van der Waals surface area contributed by atoms with Crippen LogP contribution in [0.1, 0.15) is 71.3 Å². The van der Waals surface area contributed by atoms with Crippen molar-refractivity contribution >= 4 is 11.9 Å². The Bertz CT molecular complexity index is 739. The maximum Gasteiger partial charge on any atom is 0.329 e. The number of terminal acetylenes is 1. The van der Waals surface area contributed by atoms with Gasteiger partial charge in [-0.25, -0.2) is 4.79 Å². The Morgan fingerprint density at radius 1 is 1.06 bits per heavy atom. The average molecular weight is 426 g/mol. The summed E-state index contributed by atoms with van der Waals surface area (Å²) in [5.74, 6) is 3.20. The van der Waals surface area contributed by atoms with Crippen molar-refractivity contribution in [1.82, 2.24) is 4.90 Å². The lowest BCUT2D eigenvalue weighted by Crippen LogP contribution is -2.47. The van der Waals surface area contributed by atoms with Crippen molar-refractivity contribution in [3.8, 4) is 12.3 Å². The Balaban J connectivity index is 2.29. The van der Waals surface area contributed by atoms with E-state index in [1.165, 1.54) is 0 Å². The highest BCUT2D eigenvalue weighted by Crippen LogP contribution is 2.27. The van der Waals surface area contributed by atoms with Crippen LogP contribution in [0.3, 0.4) is 0 Å². The van der Waals surface area contributed by atoms with E-state index in [1.807, 2.05) is 37.3 Å². The molecule has 0 spiro atoms. The van der Waals surface area contributed by atoms with Gasteiger partial charge in [0.25, 0.3) is 0 Å². The van der Waals surface area contributed by atoms with E-state index in [0.29, 0.717) is 24.7 Å². The Kier molecular flexibility index (Phi) is 10.1. The molecule has 1 heterocycles. The number of cyclic esters (lactones) is 1. The van der Waals surface area contributed by atoms with Crippen molar-refractivity contribution in [2.75, 3.05) is 7.05 Å². The highest BCUT2D eigenvalue weighted by molar-refractivity contribution is 5.85. The Labute approximate surface area is 188 Å². The normalized spacial score (nSPS) is 28.6. The van der Waals surface area contributed by atoms with Crippen LogP contribution in [-0.4, -0.2) is 36.0 Å². The molecule has 1 aliphatic heterocycles. The molecule has 2 unspecified atom stereocenters. The highest BCUT2D eigenvalue weighted by atomic mass is 16.5. The fourth-order valence-corrected chi connectivity index (χ4v) is 4.57. The molecule has 0 aliphatic carbocycles. The maximum absolute atomic E-state index is 13.3. The van der Waals surface area contributed by atoms with Crippen LogP contribution in [-0.2, 0) is 20.7 Å². The SMILES string of the molecule is C#CCCCC1CC(C)CC[C@H](C)C[C@H](C)C(=O)N(C)[C@@H](Cc2ccccc2)C(=O)O1. The van der Waals surface area contributed by atoms with Gasteiger partial charge in [0, 0.05) is 25.8 Å². The summed E-state index contributed by atoms with van der Waals surface area (Å²) in [6.07, 6.45) is 11.9. The molecular weight excluding hydrogens is 386 g/mol. The van der Waals surface area contributed by atoms with Crippen LogP contribution in [0, 0.1) is 30.1 Å². The first-order chi connectivity index (χ1) is 14.8. The third-order valence-electron chi connectivity index (χ3n) is 6.48. The number of likely N-dealkylation sites (N-methyl/N-ethyl adjacent to an activating group) is 1. The number of amides is 1. The van der Waals surface area contributed by atoms with E-state index in [9.17, 15) is 9.59 Å². The van der Waals surface area contributed by atoms with Gasteiger partial charge in [0.2, 0.25) is 5.91 Å². The van der Waals surface area contributed by atoms with Crippen molar-refractivity contribution in [2.24, 2.45) is 17.8 Å². The second-order valence-corrected chi connectivity index (χ2v) is 9.47. The van der Waals surface area contributed by atoms with E-state index in [2.05, 4.69) is 19.8 Å². The first-order valence-corrected chi connectivity index (χ1v) is 11.8. The van der Waals surface area contributed by atoms with E-state index in [0.717, 1.165) is 44.1 Å². The summed E-state index contributed by atoms with van der Waals surface area (Å²) >= 11 is 0. The lowest BCUT2D eigenvalue weighted by atomic mass is 9.88. The first kappa shape index (κ1) is 25.0. The van der Waals surface area contributed by atoms with Gasteiger partial charge in [-0.15, -0.1) is 12.3 Å². The Morgan fingerprint density at radius 2 is 1.71 bits per heavy atom.